The first-order chi connectivity index (χ1) is 14.0. The van der Waals surface area contributed by atoms with E-state index >= 15 is 0 Å². The van der Waals surface area contributed by atoms with Crippen LogP contribution in [0.1, 0.15) is 34.2 Å². The van der Waals surface area contributed by atoms with Crippen LogP contribution in [0.3, 0.4) is 0 Å². The first-order valence-corrected chi connectivity index (χ1v) is 9.72. The molecule has 0 aliphatic heterocycles. The predicted molar refractivity (Wildman–Crippen MR) is 112 cm³/mol. The van der Waals surface area contributed by atoms with Crippen LogP contribution in [0.2, 0.25) is 0 Å². The molecule has 2 aromatic carbocycles. The molecular formula is C24H27NO4. The lowest BCUT2D eigenvalue weighted by atomic mass is 10.1. The Hall–Kier alpha value is -2.89. The molecule has 1 N–H and O–H groups in total. The topological polar surface area (TPSA) is 62.9 Å². The number of hydrogen-bond acceptors (Lipinski definition) is 5. The molecule has 0 aliphatic rings. The van der Waals surface area contributed by atoms with Crippen molar-refractivity contribution in [1.82, 2.24) is 4.90 Å². The number of ketones is 1. The Bertz CT molecular complexity index is 903. The minimum Gasteiger partial charge on any atom is -0.491 e. The van der Waals surface area contributed by atoms with Crippen molar-refractivity contribution in [2.24, 2.45) is 0 Å². The van der Waals surface area contributed by atoms with E-state index in [1.54, 1.807) is 30.5 Å². The SMILES string of the molecule is CC(=O)c1cccc(OCC(O)CN(Cc2ccc(C)cc2)Cc2ccco2)c1. The smallest absolute Gasteiger partial charge is 0.159 e. The van der Waals surface area contributed by atoms with Crippen LogP contribution in [0, 0.1) is 6.92 Å². The average Bonchev–Trinajstić information content (AvgIpc) is 3.21. The van der Waals surface area contributed by atoms with Gasteiger partial charge < -0.3 is 14.3 Å². The van der Waals surface area contributed by atoms with E-state index in [0.29, 0.717) is 30.9 Å². The number of Topliss-reactive ketones (excluding diaryl/α,β-unsaturated/α-hetero) is 1. The molecule has 1 aromatic heterocycles. The number of nitrogens with zero attached hydrogens (tertiary/aromatic N) is 1. The minimum atomic E-state index is -0.684. The number of ether oxygens (including phenoxy) is 1. The Kier molecular flexibility index (Phi) is 7.22. The fourth-order valence-corrected chi connectivity index (χ4v) is 3.11. The van der Waals surface area contributed by atoms with Crippen LogP contribution in [0.5, 0.6) is 5.75 Å². The third-order valence-electron chi connectivity index (χ3n) is 4.64. The van der Waals surface area contributed by atoms with Crippen molar-refractivity contribution < 1.29 is 19.1 Å². The number of hydrogen-bond donors (Lipinski definition) is 1. The van der Waals surface area contributed by atoms with Gasteiger partial charge in [0.2, 0.25) is 0 Å². The van der Waals surface area contributed by atoms with Crippen molar-refractivity contribution in [1.29, 1.82) is 0 Å². The van der Waals surface area contributed by atoms with Gasteiger partial charge in [-0.25, -0.2) is 0 Å². The maximum atomic E-state index is 11.5. The first-order valence-electron chi connectivity index (χ1n) is 9.72. The van der Waals surface area contributed by atoms with Gasteiger partial charge in [0.15, 0.2) is 5.78 Å². The Morgan fingerprint density at radius 1 is 1.10 bits per heavy atom. The summed E-state index contributed by atoms with van der Waals surface area (Å²) in [7, 11) is 0. The molecule has 5 nitrogen and oxygen atoms in total. The van der Waals surface area contributed by atoms with E-state index in [1.807, 2.05) is 12.1 Å². The van der Waals surface area contributed by atoms with Crippen LogP contribution in [0.15, 0.2) is 71.3 Å². The van der Waals surface area contributed by atoms with Crippen LogP contribution in [-0.2, 0) is 13.1 Å². The lowest BCUT2D eigenvalue weighted by Crippen LogP contribution is -2.35. The summed E-state index contributed by atoms with van der Waals surface area (Å²) in [5, 5.41) is 10.5. The number of aliphatic hydroxyl groups excluding tert-OH is 1. The van der Waals surface area contributed by atoms with Gasteiger partial charge in [0.1, 0.15) is 24.2 Å². The van der Waals surface area contributed by atoms with E-state index in [4.69, 9.17) is 9.15 Å². The normalized spacial score (nSPS) is 12.1. The first kappa shape index (κ1) is 20.8. The Balaban J connectivity index is 1.60. The van der Waals surface area contributed by atoms with E-state index in [9.17, 15) is 9.90 Å². The number of carbonyl (C=O) groups is 1. The molecule has 0 aliphatic carbocycles. The van der Waals surface area contributed by atoms with Gasteiger partial charge in [-0.2, -0.15) is 0 Å². The minimum absolute atomic E-state index is 0.0151. The van der Waals surface area contributed by atoms with E-state index in [2.05, 4.69) is 36.1 Å². The number of benzene rings is 2. The zero-order chi connectivity index (χ0) is 20.6. The molecule has 0 saturated heterocycles. The zero-order valence-electron chi connectivity index (χ0n) is 16.9. The maximum Gasteiger partial charge on any atom is 0.159 e. The highest BCUT2D eigenvalue weighted by Crippen LogP contribution is 2.15. The van der Waals surface area contributed by atoms with Gasteiger partial charge >= 0.3 is 0 Å². The van der Waals surface area contributed by atoms with Crippen molar-refractivity contribution in [2.75, 3.05) is 13.2 Å². The van der Waals surface area contributed by atoms with Crippen LogP contribution < -0.4 is 4.74 Å². The van der Waals surface area contributed by atoms with Crippen LogP contribution >= 0.6 is 0 Å². The molecule has 29 heavy (non-hydrogen) atoms. The molecule has 0 spiro atoms. The zero-order valence-corrected chi connectivity index (χ0v) is 16.9. The van der Waals surface area contributed by atoms with Crippen molar-refractivity contribution in [3.8, 4) is 5.75 Å². The second-order valence-corrected chi connectivity index (χ2v) is 7.28. The van der Waals surface area contributed by atoms with E-state index in [0.717, 1.165) is 5.76 Å². The van der Waals surface area contributed by atoms with Crippen LogP contribution in [0.4, 0.5) is 0 Å². The number of aryl methyl sites for hydroxylation is 1. The summed E-state index contributed by atoms with van der Waals surface area (Å²) in [5.41, 5.74) is 2.98. The maximum absolute atomic E-state index is 11.5. The molecule has 5 heteroatoms. The molecule has 0 fully saturated rings. The fourth-order valence-electron chi connectivity index (χ4n) is 3.11. The van der Waals surface area contributed by atoms with E-state index in [1.165, 1.54) is 18.1 Å². The third kappa shape index (κ3) is 6.59. The summed E-state index contributed by atoms with van der Waals surface area (Å²) < 4.78 is 11.2. The van der Waals surface area contributed by atoms with Gasteiger partial charge in [-0.05, 0) is 43.7 Å². The van der Waals surface area contributed by atoms with E-state index in [-0.39, 0.29) is 12.4 Å². The van der Waals surface area contributed by atoms with Gasteiger partial charge in [-0.3, -0.25) is 9.69 Å². The molecular weight excluding hydrogens is 366 g/mol. The Labute approximate surface area is 171 Å². The van der Waals surface area contributed by atoms with Crippen molar-refractivity contribution in [3.05, 3.63) is 89.4 Å². The number of rotatable bonds is 10. The lowest BCUT2D eigenvalue weighted by Gasteiger charge is -2.24. The molecule has 0 amide bonds. The lowest BCUT2D eigenvalue weighted by molar-refractivity contribution is 0.0604. The standard InChI is InChI=1S/C24H27NO4/c1-18-8-10-20(11-9-18)14-25(16-24-7-4-12-28-24)15-22(27)17-29-23-6-3-5-21(13-23)19(2)26/h3-13,22,27H,14-17H2,1-2H3. The monoisotopic (exact) mass is 393 g/mol. The Morgan fingerprint density at radius 2 is 1.90 bits per heavy atom. The molecule has 1 atom stereocenters. The summed E-state index contributed by atoms with van der Waals surface area (Å²) >= 11 is 0. The fraction of sp³-hybridized carbons (Fsp3) is 0.292. The molecule has 152 valence electrons. The molecule has 1 unspecified atom stereocenters. The average molecular weight is 393 g/mol. The highest BCUT2D eigenvalue weighted by Gasteiger charge is 2.15. The third-order valence-corrected chi connectivity index (χ3v) is 4.64. The highest BCUT2D eigenvalue weighted by atomic mass is 16.5. The molecule has 1 heterocycles. The molecule has 3 aromatic rings. The number of aliphatic hydroxyl groups is 1. The van der Waals surface area contributed by atoms with Gasteiger partial charge in [0.25, 0.3) is 0 Å². The largest absolute Gasteiger partial charge is 0.491 e. The summed E-state index contributed by atoms with van der Waals surface area (Å²) in [6.45, 7) is 5.44. The van der Waals surface area contributed by atoms with Crippen LogP contribution in [0.25, 0.3) is 0 Å². The summed E-state index contributed by atoms with van der Waals surface area (Å²) in [4.78, 5) is 13.6. The van der Waals surface area contributed by atoms with Crippen molar-refractivity contribution in [2.45, 2.75) is 33.0 Å². The van der Waals surface area contributed by atoms with Crippen LogP contribution in [-0.4, -0.2) is 35.0 Å². The van der Waals surface area contributed by atoms with Gasteiger partial charge in [-0.15, -0.1) is 0 Å². The Morgan fingerprint density at radius 3 is 2.59 bits per heavy atom. The molecule has 3 rings (SSSR count). The number of furan rings is 1. The summed E-state index contributed by atoms with van der Waals surface area (Å²) in [5.74, 6) is 1.41. The second-order valence-electron chi connectivity index (χ2n) is 7.28. The number of carbonyl (C=O) groups excluding carboxylic acids is 1. The summed E-state index contributed by atoms with van der Waals surface area (Å²) in [6.07, 6.45) is 0.970. The van der Waals surface area contributed by atoms with Crippen molar-refractivity contribution >= 4 is 5.78 Å². The quantitative estimate of drug-likeness (QED) is 0.522. The van der Waals surface area contributed by atoms with Gasteiger partial charge in [0, 0.05) is 18.7 Å². The molecule has 0 bridgehead atoms. The second kappa shape index (κ2) is 10.0. The van der Waals surface area contributed by atoms with Crippen molar-refractivity contribution in [3.63, 3.8) is 0 Å². The van der Waals surface area contributed by atoms with Gasteiger partial charge in [0.05, 0.1) is 12.8 Å². The molecule has 0 radical (unpaired) electrons. The highest BCUT2D eigenvalue weighted by molar-refractivity contribution is 5.94. The predicted octanol–water partition coefficient (Wildman–Crippen LogP) is 4.23. The molecule has 0 saturated carbocycles. The van der Waals surface area contributed by atoms with Gasteiger partial charge in [-0.1, -0.05) is 42.0 Å². The summed E-state index contributed by atoms with van der Waals surface area (Å²) in [6, 6.07) is 19.2. The van der Waals surface area contributed by atoms with E-state index < -0.39 is 6.10 Å².